The van der Waals surface area contributed by atoms with Crippen molar-refractivity contribution in [2.45, 2.75) is 26.1 Å². The minimum absolute atomic E-state index is 0.0450. The summed E-state index contributed by atoms with van der Waals surface area (Å²) in [4.78, 5) is 16.7. The summed E-state index contributed by atoms with van der Waals surface area (Å²) < 4.78 is 50.4. The third-order valence-electron chi connectivity index (χ3n) is 5.54. The van der Waals surface area contributed by atoms with Gasteiger partial charge in [0, 0.05) is 35.5 Å². The lowest BCUT2D eigenvalue weighted by Gasteiger charge is -2.17. The van der Waals surface area contributed by atoms with Crippen LogP contribution in [0.3, 0.4) is 0 Å². The van der Waals surface area contributed by atoms with E-state index < -0.39 is 17.8 Å². The molecule has 37 heavy (non-hydrogen) atoms. The molecular weight excluding hydrogens is 509 g/mol. The zero-order valence-electron chi connectivity index (χ0n) is 20.1. The molecule has 7 nitrogen and oxygen atoms in total. The standard InChI is InChI=1S/C26H24ClF3N4O3/c1-15-5-3-6-22(36-2)19(15)13-34-25(35)18-10-17(21(27)11-23(18)37-8-4-7-31)20-14-33-24(26(28,29)30)9-16(20)12-32/h3,5-6,9-11,14H,4,7-8,13,31H2,1-2H3,(H,34,35). The van der Waals surface area contributed by atoms with Gasteiger partial charge in [-0.15, -0.1) is 0 Å². The van der Waals surface area contributed by atoms with Crippen molar-refractivity contribution in [2.75, 3.05) is 20.3 Å². The summed E-state index contributed by atoms with van der Waals surface area (Å²) in [6, 6.07) is 10.6. The average molecular weight is 533 g/mol. The smallest absolute Gasteiger partial charge is 0.433 e. The van der Waals surface area contributed by atoms with E-state index in [-0.39, 0.29) is 46.2 Å². The Labute approximate surface area is 217 Å². The number of aryl methyl sites for hydroxylation is 1. The van der Waals surface area contributed by atoms with E-state index in [9.17, 15) is 23.2 Å². The summed E-state index contributed by atoms with van der Waals surface area (Å²) in [5, 5.41) is 12.4. The summed E-state index contributed by atoms with van der Waals surface area (Å²) in [5.41, 5.74) is 5.99. The number of hydrogen-bond acceptors (Lipinski definition) is 6. The summed E-state index contributed by atoms with van der Waals surface area (Å²) in [6.45, 7) is 2.60. The summed E-state index contributed by atoms with van der Waals surface area (Å²) >= 11 is 6.43. The van der Waals surface area contributed by atoms with Crippen molar-refractivity contribution in [1.29, 1.82) is 5.26 Å². The van der Waals surface area contributed by atoms with Crippen LogP contribution in [0.15, 0.2) is 42.6 Å². The number of aromatic nitrogens is 1. The van der Waals surface area contributed by atoms with Gasteiger partial charge in [0.05, 0.1) is 35.9 Å². The van der Waals surface area contributed by atoms with Crippen LogP contribution in [-0.4, -0.2) is 31.2 Å². The fourth-order valence-corrected chi connectivity index (χ4v) is 3.85. The van der Waals surface area contributed by atoms with Gasteiger partial charge in [-0.25, -0.2) is 0 Å². The van der Waals surface area contributed by atoms with Crippen molar-refractivity contribution < 1.29 is 27.4 Å². The number of pyridine rings is 1. The maximum absolute atomic E-state index is 13.3. The number of benzene rings is 2. The molecule has 0 fully saturated rings. The Balaban J connectivity index is 2.04. The van der Waals surface area contributed by atoms with Gasteiger partial charge >= 0.3 is 6.18 Å². The van der Waals surface area contributed by atoms with Crippen molar-refractivity contribution in [1.82, 2.24) is 10.3 Å². The number of ether oxygens (including phenoxy) is 2. The molecule has 194 valence electrons. The number of carbonyl (C=O) groups is 1. The number of carbonyl (C=O) groups excluding carboxylic acids is 1. The summed E-state index contributed by atoms with van der Waals surface area (Å²) in [7, 11) is 1.53. The molecule has 0 aliphatic carbocycles. The largest absolute Gasteiger partial charge is 0.496 e. The number of nitrogens with zero attached hydrogens (tertiary/aromatic N) is 2. The number of nitrogens with two attached hydrogens (primary N) is 1. The first-order valence-corrected chi connectivity index (χ1v) is 11.5. The Morgan fingerprint density at radius 3 is 2.62 bits per heavy atom. The van der Waals surface area contributed by atoms with Crippen LogP contribution in [0.5, 0.6) is 11.5 Å². The van der Waals surface area contributed by atoms with E-state index >= 15 is 0 Å². The minimum Gasteiger partial charge on any atom is -0.496 e. The van der Waals surface area contributed by atoms with Gasteiger partial charge in [0.15, 0.2) is 0 Å². The Morgan fingerprint density at radius 1 is 1.22 bits per heavy atom. The Hall–Kier alpha value is -3.81. The van der Waals surface area contributed by atoms with Gasteiger partial charge < -0.3 is 20.5 Å². The van der Waals surface area contributed by atoms with E-state index in [0.29, 0.717) is 24.8 Å². The first kappa shape index (κ1) is 27.8. The molecule has 0 bridgehead atoms. The van der Waals surface area contributed by atoms with Crippen molar-refractivity contribution in [3.63, 3.8) is 0 Å². The Bertz CT molecular complexity index is 1340. The number of alkyl halides is 3. The molecule has 2 aromatic carbocycles. The van der Waals surface area contributed by atoms with E-state index in [2.05, 4.69) is 10.3 Å². The van der Waals surface area contributed by atoms with E-state index in [4.69, 9.17) is 26.8 Å². The highest BCUT2D eigenvalue weighted by Crippen LogP contribution is 2.37. The van der Waals surface area contributed by atoms with Crippen molar-refractivity contribution in [3.05, 3.63) is 75.6 Å². The van der Waals surface area contributed by atoms with E-state index in [1.807, 2.05) is 19.1 Å². The molecular formula is C26H24ClF3N4O3. The molecule has 0 atom stereocenters. The van der Waals surface area contributed by atoms with E-state index in [1.54, 1.807) is 12.1 Å². The quantitative estimate of drug-likeness (QED) is 0.363. The second-order valence-corrected chi connectivity index (χ2v) is 8.39. The molecule has 1 heterocycles. The molecule has 0 aliphatic rings. The van der Waals surface area contributed by atoms with Gasteiger partial charge in [-0.1, -0.05) is 23.7 Å². The predicted octanol–water partition coefficient (Wildman–Crippen LogP) is 5.27. The fourth-order valence-electron chi connectivity index (χ4n) is 3.60. The number of methoxy groups -OCH3 is 1. The van der Waals surface area contributed by atoms with Crippen LogP contribution in [0, 0.1) is 18.3 Å². The van der Waals surface area contributed by atoms with Gasteiger partial charge in [-0.3, -0.25) is 9.78 Å². The van der Waals surface area contributed by atoms with E-state index in [0.717, 1.165) is 17.3 Å². The predicted molar refractivity (Wildman–Crippen MR) is 132 cm³/mol. The molecule has 3 aromatic rings. The SMILES string of the molecule is COc1cccc(C)c1CNC(=O)c1cc(-c2cnc(C(F)(F)F)cc2C#N)c(Cl)cc1OCCCN. The van der Waals surface area contributed by atoms with Gasteiger partial charge in [-0.05, 0) is 43.7 Å². The van der Waals surface area contributed by atoms with Crippen molar-refractivity contribution in [3.8, 4) is 28.7 Å². The molecule has 1 amide bonds. The zero-order chi connectivity index (χ0) is 27.2. The molecule has 11 heteroatoms. The number of rotatable bonds is 9. The lowest BCUT2D eigenvalue weighted by Crippen LogP contribution is -2.24. The Morgan fingerprint density at radius 2 is 1.97 bits per heavy atom. The van der Waals surface area contributed by atoms with E-state index in [1.165, 1.54) is 19.2 Å². The van der Waals surface area contributed by atoms with Gasteiger partial charge in [0.25, 0.3) is 5.91 Å². The van der Waals surface area contributed by atoms with Crippen LogP contribution in [0.4, 0.5) is 13.2 Å². The van der Waals surface area contributed by atoms with Crippen LogP contribution >= 0.6 is 11.6 Å². The molecule has 0 unspecified atom stereocenters. The highest BCUT2D eigenvalue weighted by Gasteiger charge is 2.33. The number of hydrogen-bond donors (Lipinski definition) is 2. The maximum Gasteiger partial charge on any atom is 0.433 e. The second kappa shape index (κ2) is 12.0. The highest BCUT2D eigenvalue weighted by atomic mass is 35.5. The van der Waals surface area contributed by atoms with Crippen LogP contribution < -0.4 is 20.5 Å². The van der Waals surface area contributed by atoms with Gasteiger partial charge in [0.2, 0.25) is 0 Å². The van der Waals surface area contributed by atoms with Gasteiger partial charge in [0.1, 0.15) is 17.2 Å². The lowest BCUT2D eigenvalue weighted by atomic mass is 9.98. The molecule has 1 aromatic heterocycles. The third kappa shape index (κ3) is 6.50. The summed E-state index contributed by atoms with van der Waals surface area (Å²) in [6.07, 6.45) is -3.30. The topological polar surface area (TPSA) is 110 Å². The molecule has 0 aliphatic heterocycles. The lowest BCUT2D eigenvalue weighted by molar-refractivity contribution is -0.141. The highest BCUT2D eigenvalue weighted by molar-refractivity contribution is 6.33. The van der Waals surface area contributed by atoms with Gasteiger partial charge in [-0.2, -0.15) is 18.4 Å². The third-order valence-corrected chi connectivity index (χ3v) is 5.85. The number of nitrogens with one attached hydrogen (secondary N) is 1. The maximum atomic E-state index is 13.3. The van der Waals surface area contributed by atoms with Crippen molar-refractivity contribution in [2.24, 2.45) is 5.73 Å². The summed E-state index contributed by atoms with van der Waals surface area (Å²) in [5.74, 6) is 0.241. The van der Waals surface area contributed by atoms with Crippen LogP contribution in [0.1, 0.15) is 39.2 Å². The van der Waals surface area contributed by atoms with Crippen LogP contribution in [-0.2, 0) is 12.7 Å². The number of halogens is 4. The molecule has 0 saturated carbocycles. The second-order valence-electron chi connectivity index (χ2n) is 7.98. The van der Waals surface area contributed by atoms with Crippen molar-refractivity contribution >= 4 is 17.5 Å². The first-order chi connectivity index (χ1) is 17.6. The normalized spacial score (nSPS) is 11.1. The average Bonchev–Trinajstić information content (AvgIpc) is 2.87. The molecule has 0 spiro atoms. The zero-order valence-corrected chi connectivity index (χ0v) is 20.8. The fraction of sp³-hybridized carbons (Fsp3) is 0.269. The van der Waals surface area contributed by atoms with Crippen LogP contribution in [0.25, 0.3) is 11.1 Å². The number of amides is 1. The monoisotopic (exact) mass is 532 g/mol. The minimum atomic E-state index is -4.73. The molecule has 0 saturated heterocycles. The number of nitriles is 1. The molecule has 0 radical (unpaired) electrons. The molecule has 3 N–H and O–H groups in total. The van der Waals surface area contributed by atoms with Crippen LogP contribution in [0.2, 0.25) is 5.02 Å². The Kier molecular flexibility index (Phi) is 8.97. The molecule has 3 rings (SSSR count). The first-order valence-electron chi connectivity index (χ1n) is 11.2.